The molecule has 2 N–H and O–H groups in total. The van der Waals surface area contributed by atoms with E-state index in [0.717, 1.165) is 16.0 Å². The molecule has 200 valence electrons. The Balaban J connectivity index is 1.34. The van der Waals surface area contributed by atoms with E-state index < -0.39 is 11.1 Å². The van der Waals surface area contributed by atoms with Crippen LogP contribution in [0.3, 0.4) is 0 Å². The second kappa shape index (κ2) is 12.6. The van der Waals surface area contributed by atoms with Crippen molar-refractivity contribution in [3.05, 3.63) is 125 Å². The van der Waals surface area contributed by atoms with E-state index in [1.165, 1.54) is 47.4 Å². The fraction of sp³-hybridized carbons (Fsp3) is 0.0645. The Hall–Kier alpha value is -4.47. The first kappa shape index (κ1) is 27.1. The van der Waals surface area contributed by atoms with E-state index in [-0.39, 0.29) is 11.8 Å². The van der Waals surface area contributed by atoms with E-state index in [4.69, 9.17) is 4.74 Å². The number of hydrogen-bond donors (Lipinski definition) is 2. The van der Waals surface area contributed by atoms with E-state index in [1.54, 1.807) is 19.2 Å². The molecule has 9 heteroatoms. The number of aromatic nitrogens is 1. The molecule has 1 aromatic heterocycles. The molecule has 0 aliphatic heterocycles. The van der Waals surface area contributed by atoms with Crippen LogP contribution >= 0.6 is 23.1 Å². The van der Waals surface area contributed by atoms with Crippen molar-refractivity contribution in [1.82, 2.24) is 4.98 Å². The fourth-order valence-corrected chi connectivity index (χ4v) is 5.77. The van der Waals surface area contributed by atoms with Crippen LogP contribution in [0.15, 0.2) is 113 Å². The highest BCUT2D eigenvalue weighted by atomic mass is 32.2. The number of carbonyl (C=O) groups is 2. The first-order valence-electron chi connectivity index (χ1n) is 12.3. The topological polar surface area (TPSA) is 80.3 Å². The standard InChI is InChI=1S/C31H24FN3O3S2/c1-38-27-13-6-5-12-25(27)26-19-39-31(34-26)35-30(37)28(20-8-3-2-4-9-20)40-24-11-7-10-23(18-24)33-29(36)21-14-16-22(32)17-15-21/h2-19,28H,1H3,(H,33,36)(H,34,35,37). The van der Waals surface area contributed by atoms with Gasteiger partial charge in [0.15, 0.2) is 5.13 Å². The predicted octanol–water partition coefficient (Wildman–Crippen LogP) is 7.68. The van der Waals surface area contributed by atoms with Crippen molar-refractivity contribution in [3.8, 4) is 17.0 Å². The number of carbonyl (C=O) groups excluding carboxylic acids is 2. The summed E-state index contributed by atoms with van der Waals surface area (Å²) in [6.45, 7) is 0. The molecule has 0 spiro atoms. The molecule has 6 nitrogen and oxygen atoms in total. The smallest absolute Gasteiger partial charge is 0.255 e. The van der Waals surface area contributed by atoms with Gasteiger partial charge in [0, 0.05) is 27.1 Å². The molecule has 40 heavy (non-hydrogen) atoms. The molecule has 2 amide bonds. The summed E-state index contributed by atoms with van der Waals surface area (Å²) >= 11 is 2.70. The lowest BCUT2D eigenvalue weighted by atomic mass is 10.1. The largest absolute Gasteiger partial charge is 0.496 e. The van der Waals surface area contributed by atoms with Crippen LogP contribution in [0.4, 0.5) is 15.2 Å². The Morgan fingerprint density at radius 1 is 0.900 bits per heavy atom. The molecular formula is C31H24FN3O3S2. The van der Waals surface area contributed by atoms with E-state index in [1.807, 2.05) is 72.1 Å². The van der Waals surface area contributed by atoms with E-state index >= 15 is 0 Å². The van der Waals surface area contributed by atoms with Crippen molar-refractivity contribution in [2.24, 2.45) is 0 Å². The van der Waals surface area contributed by atoms with Crippen molar-refractivity contribution in [3.63, 3.8) is 0 Å². The third kappa shape index (κ3) is 6.56. The van der Waals surface area contributed by atoms with Crippen LogP contribution < -0.4 is 15.4 Å². The van der Waals surface area contributed by atoms with Gasteiger partial charge >= 0.3 is 0 Å². The molecule has 0 aliphatic carbocycles. The molecular weight excluding hydrogens is 545 g/mol. The van der Waals surface area contributed by atoms with Gasteiger partial charge in [-0.05, 0) is 60.2 Å². The quantitative estimate of drug-likeness (QED) is 0.178. The minimum atomic E-state index is -0.581. The van der Waals surface area contributed by atoms with Crippen molar-refractivity contribution in [1.29, 1.82) is 0 Å². The van der Waals surface area contributed by atoms with Crippen LogP contribution in [0, 0.1) is 5.82 Å². The number of rotatable bonds is 9. The number of thiazole rings is 1. The molecule has 0 aliphatic rings. The normalized spacial score (nSPS) is 11.4. The minimum Gasteiger partial charge on any atom is -0.496 e. The van der Waals surface area contributed by atoms with Gasteiger partial charge in [-0.3, -0.25) is 9.59 Å². The third-order valence-electron chi connectivity index (χ3n) is 5.91. The molecule has 5 rings (SSSR count). The van der Waals surface area contributed by atoms with Gasteiger partial charge in [-0.2, -0.15) is 0 Å². The van der Waals surface area contributed by atoms with Crippen LogP contribution in [0.1, 0.15) is 21.2 Å². The zero-order valence-electron chi connectivity index (χ0n) is 21.3. The summed E-state index contributed by atoms with van der Waals surface area (Å²) in [5, 5.41) is 7.58. The molecule has 4 aromatic carbocycles. The Bertz CT molecular complexity index is 1620. The molecule has 1 atom stereocenters. The molecule has 1 heterocycles. The highest BCUT2D eigenvalue weighted by molar-refractivity contribution is 8.00. The maximum Gasteiger partial charge on any atom is 0.255 e. The van der Waals surface area contributed by atoms with Gasteiger partial charge in [0.25, 0.3) is 5.91 Å². The average Bonchev–Trinajstić information content (AvgIpc) is 3.45. The van der Waals surface area contributed by atoms with Crippen LogP contribution in [-0.4, -0.2) is 23.9 Å². The highest BCUT2D eigenvalue weighted by Gasteiger charge is 2.24. The summed E-state index contributed by atoms with van der Waals surface area (Å²) in [5.74, 6) is -0.282. The number of hydrogen-bond acceptors (Lipinski definition) is 6. The van der Waals surface area contributed by atoms with Crippen molar-refractivity contribution in [2.75, 3.05) is 17.7 Å². The Kier molecular flexibility index (Phi) is 8.53. The molecule has 0 fully saturated rings. The van der Waals surface area contributed by atoms with Gasteiger partial charge in [-0.15, -0.1) is 23.1 Å². The predicted molar refractivity (Wildman–Crippen MR) is 159 cm³/mol. The summed E-state index contributed by atoms with van der Waals surface area (Å²) in [5.41, 5.74) is 3.29. The Morgan fingerprint density at radius 3 is 2.42 bits per heavy atom. The van der Waals surface area contributed by atoms with E-state index in [9.17, 15) is 14.0 Å². The lowest BCUT2D eigenvalue weighted by molar-refractivity contribution is -0.115. The van der Waals surface area contributed by atoms with Crippen LogP contribution in [-0.2, 0) is 4.79 Å². The number of benzene rings is 4. The van der Waals surface area contributed by atoms with Crippen molar-refractivity contribution in [2.45, 2.75) is 10.1 Å². The molecule has 1 unspecified atom stereocenters. The second-order valence-electron chi connectivity index (χ2n) is 8.62. The maximum absolute atomic E-state index is 13.6. The third-order valence-corrected chi connectivity index (χ3v) is 7.92. The zero-order chi connectivity index (χ0) is 27.9. The number of para-hydroxylation sites is 1. The maximum atomic E-state index is 13.6. The summed E-state index contributed by atoms with van der Waals surface area (Å²) in [4.78, 5) is 31.6. The van der Waals surface area contributed by atoms with Crippen LogP contribution in [0.2, 0.25) is 0 Å². The Labute approximate surface area is 239 Å². The lowest BCUT2D eigenvalue weighted by Gasteiger charge is -2.17. The molecule has 0 saturated heterocycles. The summed E-state index contributed by atoms with van der Waals surface area (Å²) in [6.07, 6.45) is 0. The van der Waals surface area contributed by atoms with E-state index in [2.05, 4.69) is 15.6 Å². The van der Waals surface area contributed by atoms with Gasteiger partial charge < -0.3 is 15.4 Å². The van der Waals surface area contributed by atoms with Crippen LogP contribution in [0.5, 0.6) is 5.75 Å². The Morgan fingerprint density at radius 2 is 1.65 bits per heavy atom. The number of nitrogens with zero attached hydrogens (tertiary/aromatic N) is 1. The van der Waals surface area contributed by atoms with Crippen molar-refractivity contribution < 1.29 is 18.7 Å². The first-order valence-corrected chi connectivity index (χ1v) is 14.0. The minimum absolute atomic E-state index is 0.224. The monoisotopic (exact) mass is 569 g/mol. The highest BCUT2D eigenvalue weighted by Crippen LogP contribution is 2.38. The number of ether oxygens (including phenoxy) is 1. The number of amides is 2. The van der Waals surface area contributed by atoms with Gasteiger partial charge in [0.05, 0.1) is 12.8 Å². The number of halogens is 1. The number of methoxy groups -OCH3 is 1. The summed E-state index contributed by atoms with van der Waals surface area (Å²) in [6, 6.07) is 29.7. The van der Waals surface area contributed by atoms with Gasteiger partial charge in [0.2, 0.25) is 5.91 Å². The first-order chi connectivity index (χ1) is 19.5. The van der Waals surface area contributed by atoms with Crippen molar-refractivity contribution >= 4 is 45.7 Å². The molecule has 0 radical (unpaired) electrons. The average molecular weight is 570 g/mol. The molecule has 0 saturated carbocycles. The van der Waals surface area contributed by atoms with Gasteiger partial charge in [-0.1, -0.05) is 48.5 Å². The number of nitrogens with one attached hydrogen (secondary N) is 2. The van der Waals surface area contributed by atoms with Gasteiger partial charge in [0.1, 0.15) is 16.8 Å². The van der Waals surface area contributed by atoms with Gasteiger partial charge in [-0.25, -0.2) is 9.37 Å². The lowest BCUT2D eigenvalue weighted by Crippen LogP contribution is -2.19. The summed E-state index contributed by atoms with van der Waals surface area (Å²) in [7, 11) is 1.61. The molecule has 5 aromatic rings. The fourth-order valence-electron chi connectivity index (χ4n) is 3.97. The SMILES string of the molecule is COc1ccccc1-c1csc(NC(=O)C(Sc2cccc(NC(=O)c3ccc(F)cc3)c2)c2ccccc2)n1. The second-order valence-corrected chi connectivity index (χ2v) is 10.7. The molecule has 0 bridgehead atoms. The van der Waals surface area contributed by atoms with E-state index in [0.29, 0.717) is 27.8 Å². The number of anilines is 2. The number of thioether (sulfide) groups is 1. The summed E-state index contributed by atoms with van der Waals surface area (Å²) < 4.78 is 18.7. The van der Waals surface area contributed by atoms with Crippen LogP contribution in [0.25, 0.3) is 11.3 Å². The zero-order valence-corrected chi connectivity index (χ0v) is 23.0.